The number of anilines is 2. The highest BCUT2D eigenvalue weighted by Gasteiger charge is 2.23. The highest BCUT2D eigenvalue weighted by Crippen LogP contribution is 2.38. The van der Waals surface area contributed by atoms with Crippen LogP contribution in [0.5, 0.6) is 0 Å². The number of pyridine rings is 1. The SMILES string of the molecule is O=C(Nc1cnc(NCc2cnccn2)c(Cl)c1)c1cccc2c1Cc1ccccc1-2. The molecule has 1 aliphatic carbocycles. The first-order chi connectivity index (χ1) is 15.2. The van der Waals surface area contributed by atoms with Crippen molar-refractivity contribution in [2.24, 2.45) is 0 Å². The van der Waals surface area contributed by atoms with Crippen LogP contribution in [0.15, 0.2) is 73.3 Å². The summed E-state index contributed by atoms with van der Waals surface area (Å²) in [4.78, 5) is 25.6. The number of hydrogen-bond donors (Lipinski definition) is 2. The summed E-state index contributed by atoms with van der Waals surface area (Å²) in [5.41, 5.74) is 6.56. The maximum absolute atomic E-state index is 13.0. The zero-order chi connectivity index (χ0) is 21.2. The lowest BCUT2D eigenvalue weighted by Gasteiger charge is -2.11. The van der Waals surface area contributed by atoms with Gasteiger partial charge in [0.25, 0.3) is 5.91 Å². The summed E-state index contributed by atoms with van der Waals surface area (Å²) in [6.45, 7) is 0.447. The van der Waals surface area contributed by atoms with E-state index in [9.17, 15) is 4.79 Å². The van der Waals surface area contributed by atoms with E-state index in [0.29, 0.717) is 28.6 Å². The smallest absolute Gasteiger partial charge is 0.256 e. The van der Waals surface area contributed by atoms with Crippen molar-refractivity contribution in [2.45, 2.75) is 13.0 Å². The molecule has 6 nitrogen and oxygen atoms in total. The molecule has 2 aromatic carbocycles. The molecule has 1 amide bonds. The summed E-state index contributed by atoms with van der Waals surface area (Å²) in [5.74, 6) is 0.337. The molecule has 7 heteroatoms. The van der Waals surface area contributed by atoms with Crippen molar-refractivity contribution in [3.63, 3.8) is 0 Å². The van der Waals surface area contributed by atoms with Crippen LogP contribution in [0.1, 0.15) is 27.2 Å². The maximum atomic E-state index is 13.0. The van der Waals surface area contributed by atoms with E-state index in [1.165, 1.54) is 11.1 Å². The van der Waals surface area contributed by atoms with E-state index in [4.69, 9.17) is 11.6 Å². The molecule has 31 heavy (non-hydrogen) atoms. The van der Waals surface area contributed by atoms with Gasteiger partial charge in [-0.1, -0.05) is 48.0 Å². The Morgan fingerprint density at radius 3 is 2.71 bits per heavy atom. The quantitative estimate of drug-likeness (QED) is 0.414. The predicted molar refractivity (Wildman–Crippen MR) is 121 cm³/mol. The fourth-order valence-electron chi connectivity index (χ4n) is 3.80. The second-order valence-electron chi connectivity index (χ2n) is 7.22. The first-order valence-corrected chi connectivity index (χ1v) is 10.2. The van der Waals surface area contributed by atoms with Crippen LogP contribution in [-0.2, 0) is 13.0 Å². The number of amides is 1. The third-order valence-corrected chi connectivity index (χ3v) is 5.54. The van der Waals surface area contributed by atoms with Gasteiger partial charge in [-0.05, 0) is 40.8 Å². The Hall–Kier alpha value is -3.77. The van der Waals surface area contributed by atoms with Gasteiger partial charge in [0.15, 0.2) is 0 Å². The highest BCUT2D eigenvalue weighted by molar-refractivity contribution is 6.33. The molecule has 0 saturated heterocycles. The molecule has 0 aliphatic heterocycles. The Bertz CT molecular complexity index is 1280. The summed E-state index contributed by atoms with van der Waals surface area (Å²) >= 11 is 6.37. The molecule has 152 valence electrons. The van der Waals surface area contributed by atoms with Gasteiger partial charge in [0.2, 0.25) is 0 Å². The summed E-state index contributed by atoms with van der Waals surface area (Å²) in [6.07, 6.45) is 7.25. The summed E-state index contributed by atoms with van der Waals surface area (Å²) in [6, 6.07) is 15.8. The molecule has 0 atom stereocenters. The van der Waals surface area contributed by atoms with Gasteiger partial charge in [0.1, 0.15) is 5.82 Å². The molecule has 2 heterocycles. The summed E-state index contributed by atoms with van der Waals surface area (Å²) < 4.78 is 0. The van der Waals surface area contributed by atoms with Gasteiger partial charge in [-0.15, -0.1) is 0 Å². The number of aromatic nitrogens is 3. The molecule has 2 N–H and O–H groups in total. The number of halogens is 1. The van der Waals surface area contributed by atoms with Crippen molar-refractivity contribution in [1.82, 2.24) is 15.0 Å². The van der Waals surface area contributed by atoms with Crippen LogP contribution in [0.2, 0.25) is 5.02 Å². The molecule has 0 bridgehead atoms. The van der Waals surface area contributed by atoms with Crippen LogP contribution in [0, 0.1) is 0 Å². The molecule has 4 aromatic rings. The first kappa shape index (κ1) is 19.2. The van der Waals surface area contributed by atoms with Crippen LogP contribution in [0.25, 0.3) is 11.1 Å². The predicted octanol–water partition coefficient (Wildman–Crippen LogP) is 4.96. The minimum Gasteiger partial charge on any atom is -0.363 e. The molecule has 1 aliphatic rings. The largest absolute Gasteiger partial charge is 0.363 e. The van der Waals surface area contributed by atoms with Crippen LogP contribution in [0.4, 0.5) is 11.5 Å². The van der Waals surface area contributed by atoms with Crippen LogP contribution in [-0.4, -0.2) is 20.9 Å². The Balaban J connectivity index is 1.32. The monoisotopic (exact) mass is 427 g/mol. The molecule has 0 fully saturated rings. The Morgan fingerprint density at radius 2 is 1.87 bits per heavy atom. The topological polar surface area (TPSA) is 79.8 Å². The van der Waals surface area contributed by atoms with Crippen molar-refractivity contribution >= 4 is 29.0 Å². The van der Waals surface area contributed by atoms with Gasteiger partial charge >= 0.3 is 0 Å². The van der Waals surface area contributed by atoms with Gasteiger partial charge in [-0.2, -0.15) is 0 Å². The molecular weight excluding hydrogens is 410 g/mol. The van der Waals surface area contributed by atoms with E-state index >= 15 is 0 Å². The van der Waals surface area contributed by atoms with Gasteiger partial charge in [0.05, 0.1) is 35.3 Å². The Labute approximate surface area is 184 Å². The number of fused-ring (bicyclic) bond motifs is 3. The average Bonchev–Trinajstić information content (AvgIpc) is 3.18. The number of nitrogens with zero attached hydrogens (tertiary/aromatic N) is 3. The molecule has 0 unspecified atom stereocenters. The molecule has 5 rings (SSSR count). The first-order valence-electron chi connectivity index (χ1n) is 9.85. The minimum atomic E-state index is -0.178. The van der Waals surface area contributed by atoms with Crippen molar-refractivity contribution < 1.29 is 4.79 Å². The second-order valence-corrected chi connectivity index (χ2v) is 7.63. The highest BCUT2D eigenvalue weighted by atomic mass is 35.5. The molecule has 0 saturated carbocycles. The van der Waals surface area contributed by atoms with Gasteiger partial charge in [-0.3, -0.25) is 14.8 Å². The standard InChI is InChI=1S/C24H18ClN5O/c25-22-11-16(13-28-23(22)29-14-17-12-26-8-9-27-17)30-24(31)20-7-3-6-19-18-5-2-1-4-15(18)10-21(19)20/h1-9,11-13H,10,14H2,(H,28,29)(H,30,31). The number of benzene rings is 2. The minimum absolute atomic E-state index is 0.178. The zero-order valence-electron chi connectivity index (χ0n) is 16.5. The lowest BCUT2D eigenvalue weighted by atomic mass is 10.0. The van der Waals surface area contributed by atoms with Crippen LogP contribution >= 0.6 is 11.6 Å². The lowest BCUT2D eigenvalue weighted by molar-refractivity contribution is 0.102. The van der Waals surface area contributed by atoms with E-state index in [1.54, 1.807) is 30.9 Å². The van der Waals surface area contributed by atoms with Crippen LogP contribution in [0.3, 0.4) is 0 Å². The maximum Gasteiger partial charge on any atom is 0.256 e. The number of carbonyl (C=O) groups is 1. The summed E-state index contributed by atoms with van der Waals surface area (Å²) in [5, 5.41) is 6.46. The number of carbonyl (C=O) groups excluding carboxylic acids is 1. The Morgan fingerprint density at radius 1 is 1.00 bits per heavy atom. The van der Waals surface area contributed by atoms with Crippen molar-refractivity contribution in [2.75, 3.05) is 10.6 Å². The van der Waals surface area contributed by atoms with Gasteiger partial charge in [-0.25, -0.2) is 4.98 Å². The number of rotatable bonds is 5. The van der Waals surface area contributed by atoms with Crippen molar-refractivity contribution in [3.05, 3.63) is 101 Å². The van der Waals surface area contributed by atoms with E-state index in [-0.39, 0.29) is 5.91 Å². The van der Waals surface area contributed by atoms with E-state index in [1.807, 2.05) is 24.3 Å². The third-order valence-electron chi connectivity index (χ3n) is 5.25. The van der Waals surface area contributed by atoms with Gasteiger partial charge in [0, 0.05) is 18.0 Å². The number of hydrogen-bond acceptors (Lipinski definition) is 5. The second kappa shape index (κ2) is 8.16. The fraction of sp³-hybridized carbons (Fsp3) is 0.0833. The zero-order valence-corrected chi connectivity index (χ0v) is 17.2. The molecule has 0 radical (unpaired) electrons. The van der Waals surface area contributed by atoms with Crippen molar-refractivity contribution in [1.29, 1.82) is 0 Å². The third kappa shape index (κ3) is 3.85. The van der Waals surface area contributed by atoms with E-state index in [2.05, 4.69) is 43.8 Å². The molecule has 2 aromatic heterocycles. The molecule has 0 spiro atoms. The normalized spacial score (nSPS) is 11.5. The lowest BCUT2D eigenvalue weighted by Crippen LogP contribution is -2.14. The van der Waals surface area contributed by atoms with Crippen molar-refractivity contribution in [3.8, 4) is 11.1 Å². The van der Waals surface area contributed by atoms with E-state index in [0.717, 1.165) is 23.2 Å². The van der Waals surface area contributed by atoms with E-state index < -0.39 is 0 Å². The van der Waals surface area contributed by atoms with Crippen LogP contribution < -0.4 is 10.6 Å². The fourth-order valence-corrected chi connectivity index (χ4v) is 4.03. The average molecular weight is 428 g/mol. The number of nitrogens with one attached hydrogen (secondary N) is 2. The molecular formula is C24H18ClN5O. The van der Waals surface area contributed by atoms with Gasteiger partial charge < -0.3 is 10.6 Å². The summed E-state index contributed by atoms with van der Waals surface area (Å²) in [7, 11) is 0. The Kier molecular flexibility index (Phi) is 5.06.